The first-order chi connectivity index (χ1) is 10.3. The van der Waals surface area contributed by atoms with Crippen molar-refractivity contribution >= 4 is 22.9 Å². The van der Waals surface area contributed by atoms with Gasteiger partial charge in [0.15, 0.2) is 11.5 Å². The van der Waals surface area contributed by atoms with Gasteiger partial charge in [-0.05, 0) is 6.92 Å². The summed E-state index contributed by atoms with van der Waals surface area (Å²) in [7, 11) is 1.93. The van der Waals surface area contributed by atoms with Crippen molar-refractivity contribution in [3.05, 3.63) is 18.5 Å². The van der Waals surface area contributed by atoms with Crippen molar-refractivity contribution in [1.29, 1.82) is 0 Å². The second-order valence-corrected chi connectivity index (χ2v) is 4.56. The Morgan fingerprint density at radius 1 is 1.29 bits per heavy atom. The van der Waals surface area contributed by atoms with Crippen molar-refractivity contribution in [3.63, 3.8) is 0 Å². The molecule has 3 aromatic heterocycles. The molecule has 0 unspecified atom stereocenters. The van der Waals surface area contributed by atoms with Crippen LogP contribution in [0.4, 0.5) is 11.8 Å². The largest absolute Gasteiger partial charge is 0.368 e. The van der Waals surface area contributed by atoms with Crippen LogP contribution in [-0.2, 0) is 13.5 Å². The fourth-order valence-corrected chi connectivity index (χ4v) is 2.02. The average Bonchev–Trinajstić information content (AvgIpc) is 3.08. The minimum absolute atomic E-state index is 0.568. The Morgan fingerprint density at radius 2 is 2.19 bits per heavy atom. The summed E-state index contributed by atoms with van der Waals surface area (Å²) < 4.78 is 1.90. The van der Waals surface area contributed by atoms with E-state index >= 15 is 0 Å². The monoisotopic (exact) mass is 287 g/mol. The molecule has 0 radical (unpaired) electrons. The highest BCUT2D eigenvalue weighted by molar-refractivity contribution is 5.83. The molecule has 0 saturated carbocycles. The number of imidazole rings is 1. The third-order valence-electron chi connectivity index (χ3n) is 3.07. The summed E-state index contributed by atoms with van der Waals surface area (Å²) in [6, 6.07) is 0. The van der Waals surface area contributed by atoms with Crippen LogP contribution < -0.4 is 10.6 Å². The van der Waals surface area contributed by atoms with Crippen LogP contribution in [0.3, 0.4) is 0 Å². The summed E-state index contributed by atoms with van der Waals surface area (Å²) >= 11 is 0. The molecule has 3 aromatic rings. The van der Waals surface area contributed by atoms with Gasteiger partial charge in [-0.1, -0.05) is 0 Å². The van der Waals surface area contributed by atoms with Gasteiger partial charge in [0.2, 0.25) is 5.95 Å². The molecule has 3 N–H and O–H groups in total. The molecule has 9 heteroatoms. The molecule has 21 heavy (non-hydrogen) atoms. The van der Waals surface area contributed by atoms with Gasteiger partial charge >= 0.3 is 0 Å². The maximum absolute atomic E-state index is 4.46. The zero-order valence-corrected chi connectivity index (χ0v) is 12.0. The second-order valence-electron chi connectivity index (χ2n) is 4.56. The zero-order valence-electron chi connectivity index (χ0n) is 12.0. The van der Waals surface area contributed by atoms with E-state index in [0.29, 0.717) is 18.1 Å². The van der Waals surface area contributed by atoms with Gasteiger partial charge in [0.05, 0.1) is 6.33 Å². The Bertz CT molecular complexity index is 729. The number of aromatic nitrogens is 7. The van der Waals surface area contributed by atoms with Gasteiger partial charge in [-0.2, -0.15) is 9.97 Å². The molecule has 0 spiro atoms. The number of fused-ring (bicyclic) bond motifs is 1. The quantitative estimate of drug-likeness (QED) is 0.608. The first-order valence-corrected chi connectivity index (χ1v) is 6.79. The molecule has 0 amide bonds. The van der Waals surface area contributed by atoms with E-state index in [-0.39, 0.29) is 0 Å². The normalized spacial score (nSPS) is 11.0. The Kier molecular flexibility index (Phi) is 3.63. The van der Waals surface area contributed by atoms with Crippen LogP contribution in [0.15, 0.2) is 12.7 Å². The van der Waals surface area contributed by atoms with Gasteiger partial charge in [-0.3, -0.25) is 0 Å². The average molecular weight is 287 g/mol. The molecule has 0 aliphatic carbocycles. The maximum atomic E-state index is 4.46. The van der Waals surface area contributed by atoms with E-state index in [1.165, 1.54) is 0 Å². The number of aryl methyl sites for hydroxylation is 1. The lowest BCUT2D eigenvalue weighted by Crippen LogP contribution is -2.11. The lowest BCUT2D eigenvalue weighted by Gasteiger charge is -2.08. The smallest absolute Gasteiger partial charge is 0.226 e. The standard InChI is InChI=1S/C12H17N9/c1-3-13-12-18-10(9-11(19-12)16-6-15-9)14-5-4-8-20-17-7-21(8)2/h6-7H,3-5H2,1-2H3,(H3,13,14,15,16,18,19). The van der Waals surface area contributed by atoms with Crippen LogP contribution in [0.2, 0.25) is 0 Å². The van der Waals surface area contributed by atoms with Crippen molar-refractivity contribution in [2.24, 2.45) is 7.05 Å². The number of hydrogen-bond donors (Lipinski definition) is 3. The first-order valence-electron chi connectivity index (χ1n) is 6.79. The summed E-state index contributed by atoms with van der Waals surface area (Å²) in [5, 5.41) is 14.3. The lowest BCUT2D eigenvalue weighted by molar-refractivity contribution is 0.787. The summed E-state index contributed by atoms with van der Waals surface area (Å²) in [4.78, 5) is 16.0. The highest BCUT2D eigenvalue weighted by Gasteiger charge is 2.09. The molecular formula is C12H17N9. The topological polar surface area (TPSA) is 109 Å². The number of rotatable bonds is 6. The Balaban J connectivity index is 1.76. The van der Waals surface area contributed by atoms with Crippen molar-refractivity contribution in [2.75, 3.05) is 23.7 Å². The van der Waals surface area contributed by atoms with E-state index in [1.54, 1.807) is 12.7 Å². The summed E-state index contributed by atoms with van der Waals surface area (Å²) in [5.41, 5.74) is 1.44. The van der Waals surface area contributed by atoms with Crippen molar-refractivity contribution < 1.29 is 0 Å². The van der Waals surface area contributed by atoms with E-state index < -0.39 is 0 Å². The minimum Gasteiger partial charge on any atom is -0.368 e. The van der Waals surface area contributed by atoms with E-state index in [1.807, 2.05) is 18.5 Å². The highest BCUT2D eigenvalue weighted by Crippen LogP contribution is 2.18. The Morgan fingerprint density at radius 3 is 2.95 bits per heavy atom. The predicted octanol–water partition coefficient (Wildman–Crippen LogP) is 0.568. The second kappa shape index (κ2) is 5.73. The predicted molar refractivity (Wildman–Crippen MR) is 79.0 cm³/mol. The van der Waals surface area contributed by atoms with Crippen LogP contribution in [0.25, 0.3) is 11.2 Å². The number of H-pyrrole nitrogens is 1. The maximum Gasteiger partial charge on any atom is 0.226 e. The van der Waals surface area contributed by atoms with Crippen molar-refractivity contribution in [1.82, 2.24) is 34.7 Å². The number of nitrogens with one attached hydrogen (secondary N) is 3. The molecule has 0 aromatic carbocycles. The molecule has 0 saturated heterocycles. The Labute approximate surface area is 121 Å². The third-order valence-corrected chi connectivity index (χ3v) is 3.07. The van der Waals surface area contributed by atoms with E-state index in [4.69, 9.17) is 0 Å². The molecule has 3 heterocycles. The fraction of sp³-hybridized carbons (Fsp3) is 0.417. The van der Waals surface area contributed by atoms with Crippen LogP contribution in [0, 0.1) is 0 Å². The third kappa shape index (κ3) is 2.76. The van der Waals surface area contributed by atoms with Crippen LogP contribution >= 0.6 is 0 Å². The minimum atomic E-state index is 0.568. The molecule has 0 fully saturated rings. The molecule has 0 atom stereocenters. The fourth-order valence-electron chi connectivity index (χ4n) is 2.02. The van der Waals surface area contributed by atoms with Gasteiger partial charge in [-0.15, -0.1) is 10.2 Å². The lowest BCUT2D eigenvalue weighted by atomic mass is 10.4. The number of anilines is 2. The molecular weight excluding hydrogens is 270 g/mol. The highest BCUT2D eigenvalue weighted by atomic mass is 15.2. The number of nitrogens with zero attached hydrogens (tertiary/aromatic N) is 6. The molecule has 0 aliphatic heterocycles. The van der Waals surface area contributed by atoms with Crippen LogP contribution in [0.5, 0.6) is 0 Å². The number of aromatic amines is 1. The van der Waals surface area contributed by atoms with E-state index in [9.17, 15) is 0 Å². The molecule has 0 bridgehead atoms. The zero-order chi connectivity index (χ0) is 14.7. The van der Waals surface area contributed by atoms with Crippen LogP contribution in [0.1, 0.15) is 12.7 Å². The van der Waals surface area contributed by atoms with E-state index in [2.05, 4.69) is 40.8 Å². The van der Waals surface area contributed by atoms with Crippen molar-refractivity contribution in [2.45, 2.75) is 13.3 Å². The van der Waals surface area contributed by atoms with Gasteiger partial charge in [0.1, 0.15) is 17.7 Å². The van der Waals surface area contributed by atoms with Gasteiger partial charge in [-0.25, -0.2) is 4.98 Å². The number of hydrogen-bond acceptors (Lipinski definition) is 7. The molecule has 110 valence electrons. The SMILES string of the molecule is CCNc1nc(NCCc2nncn2C)c2[nH]cnc2n1. The van der Waals surface area contributed by atoms with E-state index in [0.717, 1.165) is 30.1 Å². The van der Waals surface area contributed by atoms with Gasteiger partial charge in [0.25, 0.3) is 0 Å². The molecule has 3 rings (SSSR count). The van der Waals surface area contributed by atoms with Crippen molar-refractivity contribution in [3.8, 4) is 0 Å². The Hall–Kier alpha value is -2.71. The summed E-state index contributed by atoms with van der Waals surface area (Å²) in [6.45, 7) is 3.46. The molecule has 0 aliphatic rings. The first kappa shape index (κ1) is 13.3. The molecule has 9 nitrogen and oxygen atoms in total. The van der Waals surface area contributed by atoms with Crippen LogP contribution in [-0.4, -0.2) is 47.8 Å². The summed E-state index contributed by atoms with van der Waals surface area (Å²) in [5.74, 6) is 2.22. The summed E-state index contributed by atoms with van der Waals surface area (Å²) in [6.07, 6.45) is 4.06. The van der Waals surface area contributed by atoms with Gasteiger partial charge < -0.3 is 20.2 Å². The van der Waals surface area contributed by atoms with Gasteiger partial charge in [0, 0.05) is 26.6 Å².